The van der Waals surface area contributed by atoms with Crippen molar-refractivity contribution in [2.24, 2.45) is 16.6 Å². The first-order chi connectivity index (χ1) is 9.74. The largest absolute Gasteiger partial charge is 0.493 e. The number of aliphatic imine (C=N–C) groups is 1. The van der Waals surface area contributed by atoms with Crippen molar-refractivity contribution in [3.8, 4) is 11.5 Å². The zero-order valence-electron chi connectivity index (χ0n) is 12.4. The smallest absolute Gasteiger partial charge is 0.161 e. The number of hydrogen-bond acceptors (Lipinski definition) is 3. The molecule has 0 bridgehead atoms. The van der Waals surface area contributed by atoms with E-state index < -0.39 is 0 Å². The van der Waals surface area contributed by atoms with Crippen LogP contribution in [0.3, 0.4) is 0 Å². The molecule has 1 aromatic carbocycles. The van der Waals surface area contributed by atoms with Crippen LogP contribution in [0.5, 0.6) is 11.5 Å². The summed E-state index contributed by atoms with van der Waals surface area (Å²) >= 11 is 0. The molecule has 1 aliphatic rings. The summed E-state index contributed by atoms with van der Waals surface area (Å²) in [7, 11) is 3.28. The van der Waals surface area contributed by atoms with Gasteiger partial charge in [-0.15, -0.1) is 0 Å². The van der Waals surface area contributed by atoms with Crippen molar-refractivity contribution in [1.82, 2.24) is 0 Å². The minimum Gasteiger partial charge on any atom is -0.493 e. The molecule has 0 spiro atoms. The highest BCUT2D eigenvalue weighted by molar-refractivity contribution is 5.82. The summed E-state index contributed by atoms with van der Waals surface area (Å²) in [6, 6.07) is 5.86. The lowest BCUT2D eigenvalue weighted by Gasteiger charge is -2.20. The van der Waals surface area contributed by atoms with Crippen molar-refractivity contribution in [2.45, 2.75) is 38.6 Å². The van der Waals surface area contributed by atoms with Gasteiger partial charge in [-0.05, 0) is 30.5 Å². The predicted molar refractivity (Wildman–Crippen MR) is 81.4 cm³/mol. The van der Waals surface area contributed by atoms with E-state index in [1.807, 2.05) is 18.2 Å². The van der Waals surface area contributed by atoms with Gasteiger partial charge in [0.2, 0.25) is 0 Å². The highest BCUT2D eigenvalue weighted by Crippen LogP contribution is 2.28. The zero-order chi connectivity index (χ0) is 14.4. The summed E-state index contributed by atoms with van der Waals surface area (Å²) in [5.41, 5.74) is 7.20. The van der Waals surface area contributed by atoms with Gasteiger partial charge < -0.3 is 15.2 Å². The maximum absolute atomic E-state index is 6.12. The standard InChI is InChI=1S/C16H24N2O2/c1-19-14-9-8-12(10-15(14)20-2)11-18-16(17)13-6-4-3-5-7-13/h8-10,13H,3-7,11H2,1-2H3,(H2,17,18). The van der Waals surface area contributed by atoms with Gasteiger partial charge in [0.1, 0.15) is 0 Å². The zero-order valence-corrected chi connectivity index (χ0v) is 12.4. The summed E-state index contributed by atoms with van der Waals surface area (Å²) < 4.78 is 10.5. The quantitative estimate of drug-likeness (QED) is 0.664. The molecule has 0 aromatic heterocycles. The Morgan fingerprint density at radius 1 is 1.15 bits per heavy atom. The molecular formula is C16H24N2O2. The summed E-state index contributed by atoms with van der Waals surface area (Å²) in [5.74, 6) is 2.75. The first-order valence-corrected chi connectivity index (χ1v) is 7.25. The molecule has 1 aliphatic carbocycles. The summed E-state index contributed by atoms with van der Waals surface area (Å²) in [6.07, 6.45) is 6.25. The Bertz CT molecular complexity index is 466. The number of benzene rings is 1. The molecule has 4 nitrogen and oxygen atoms in total. The van der Waals surface area contributed by atoms with Crippen LogP contribution in [0.1, 0.15) is 37.7 Å². The number of ether oxygens (including phenoxy) is 2. The Morgan fingerprint density at radius 2 is 1.85 bits per heavy atom. The lowest BCUT2D eigenvalue weighted by atomic mass is 9.88. The van der Waals surface area contributed by atoms with Crippen LogP contribution < -0.4 is 15.2 Å². The molecule has 0 saturated heterocycles. The fraction of sp³-hybridized carbons (Fsp3) is 0.562. The molecule has 2 N–H and O–H groups in total. The van der Waals surface area contributed by atoms with Crippen molar-refractivity contribution in [2.75, 3.05) is 14.2 Å². The van der Waals surface area contributed by atoms with E-state index in [-0.39, 0.29) is 0 Å². The van der Waals surface area contributed by atoms with Crippen LogP contribution in [0.25, 0.3) is 0 Å². The van der Waals surface area contributed by atoms with Crippen LogP contribution in [-0.4, -0.2) is 20.1 Å². The molecule has 1 fully saturated rings. The Balaban J connectivity index is 2.02. The second kappa shape index (κ2) is 7.17. The van der Waals surface area contributed by atoms with Gasteiger partial charge >= 0.3 is 0 Å². The molecular weight excluding hydrogens is 252 g/mol. The Morgan fingerprint density at radius 3 is 2.50 bits per heavy atom. The number of amidine groups is 1. The summed E-state index contributed by atoms with van der Waals surface area (Å²) in [5, 5.41) is 0. The first kappa shape index (κ1) is 14.7. The number of rotatable bonds is 5. The highest BCUT2D eigenvalue weighted by atomic mass is 16.5. The predicted octanol–water partition coefficient (Wildman–Crippen LogP) is 3.14. The molecule has 0 aliphatic heterocycles. The molecule has 110 valence electrons. The maximum Gasteiger partial charge on any atom is 0.161 e. The van der Waals surface area contributed by atoms with E-state index >= 15 is 0 Å². The molecule has 0 atom stereocenters. The van der Waals surface area contributed by atoms with Crippen LogP contribution in [0.2, 0.25) is 0 Å². The lowest BCUT2D eigenvalue weighted by Crippen LogP contribution is -2.25. The van der Waals surface area contributed by atoms with Gasteiger partial charge in [-0.1, -0.05) is 25.3 Å². The van der Waals surface area contributed by atoms with Crippen molar-refractivity contribution in [3.63, 3.8) is 0 Å². The van der Waals surface area contributed by atoms with Gasteiger partial charge in [0, 0.05) is 5.92 Å². The third kappa shape index (κ3) is 3.65. The van der Waals surface area contributed by atoms with E-state index in [4.69, 9.17) is 15.2 Å². The van der Waals surface area contributed by atoms with Crippen LogP contribution in [-0.2, 0) is 6.54 Å². The second-order valence-electron chi connectivity index (χ2n) is 5.27. The van der Waals surface area contributed by atoms with Gasteiger partial charge in [-0.3, -0.25) is 4.99 Å². The molecule has 1 saturated carbocycles. The average Bonchev–Trinajstić information content (AvgIpc) is 2.53. The van der Waals surface area contributed by atoms with Crippen molar-refractivity contribution in [1.29, 1.82) is 0 Å². The van der Waals surface area contributed by atoms with Gasteiger partial charge in [-0.2, -0.15) is 0 Å². The van der Waals surface area contributed by atoms with E-state index in [1.165, 1.54) is 32.1 Å². The Labute approximate surface area is 121 Å². The fourth-order valence-corrected chi connectivity index (χ4v) is 2.69. The van der Waals surface area contributed by atoms with Gasteiger partial charge in [0.25, 0.3) is 0 Å². The van der Waals surface area contributed by atoms with E-state index in [2.05, 4.69) is 4.99 Å². The third-order valence-corrected chi connectivity index (χ3v) is 3.92. The van der Waals surface area contributed by atoms with E-state index in [0.717, 1.165) is 22.9 Å². The van der Waals surface area contributed by atoms with Gasteiger partial charge in [-0.25, -0.2) is 0 Å². The van der Waals surface area contributed by atoms with Crippen molar-refractivity contribution in [3.05, 3.63) is 23.8 Å². The molecule has 0 amide bonds. The molecule has 20 heavy (non-hydrogen) atoms. The first-order valence-electron chi connectivity index (χ1n) is 7.25. The van der Waals surface area contributed by atoms with Crippen LogP contribution in [0, 0.1) is 5.92 Å². The van der Waals surface area contributed by atoms with Gasteiger partial charge in [0.05, 0.1) is 26.6 Å². The van der Waals surface area contributed by atoms with Crippen molar-refractivity contribution < 1.29 is 9.47 Å². The van der Waals surface area contributed by atoms with Crippen molar-refractivity contribution >= 4 is 5.84 Å². The van der Waals surface area contributed by atoms with E-state index in [9.17, 15) is 0 Å². The molecule has 4 heteroatoms. The molecule has 1 aromatic rings. The number of nitrogens with zero attached hydrogens (tertiary/aromatic N) is 1. The van der Waals surface area contributed by atoms with E-state index in [0.29, 0.717) is 12.5 Å². The summed E-state index contributed by atoms with van der Waals surface area (Å²) in [4.78, 5) is 4.55. The number of methoxy groups -OCH3 is 2. The van der Waals surface area contributed by atoms with E-state index in [1.54, 1.807) is 14.2 Å². The minimum absolute atomic E-state index is 0.476. The maximum atomic E-state index is 6.12. The highest BCUT2D eigenvalue weighted by Gasteiger charge is 2.16. The van der Waals surface area contributed by atoms with Crippen LogP contribution >= 0.6 is 0 Å². The minimum atomic E-state index is 0.476. The summed E-state index contributed by atoms with van der Waals surface area (Å²) in [6.45, 7) is 0.600. The fourth-order valence-electron chi connectivity index (χ4n) is 2.69. The second-order valence-corrected chi connectivity index (χ2v) is 5.27. The normalized spacial score (nSPS) is 17.0. The average molecular weight is 276 g/mol. The SMILES string of the molecule is COc1ccc(CN=C(N)C2CCCCC2)cc1OC. The van der Waals surface area contributed by atoms with Crippen LogP contribution in [0.4, 0.5) is 0 Å². The Kier molecular flexibility index (Phi) is 5.27. The Hall–Kier alpha value is -1.71. The topological polar surface area (TPSA) is 56.8 Å². The van der Waals surface area contributed by atoms with Crippen LogP contribution in [0.15, 0.2) is 23.2 Å². The van der Waals surface area contributed by atoms with Gasteiger partial charge in [0.15, 0.2) is 11.5 Å². The molecule has 0 radical (unpaired) electrons. The monoisotopic (exact) mass is 276 g/mol. The lowest BCUT2D eigenvalue weighted by molar-refractivity contribution is 0.354. The number of hydrogen-bond donors (Lipinski definition) is 1. The third-order valence-electron chi connectivity index (χ3n) is 3.92. The molecule has 0 heterocycles. The molecule has 2 rings (SSSR count). The number of nitrogens with two attached hydrogens (primary N) is 1. The molecule has 0 unspecified atom stereocenters.